The molecule has 4 rings (SSSR count). The predicted octanol–water partition coefficient (Wildman–Crippen LogP) is 4.41. The van der Waals surface area contributed by atoms with Gasteiger partial charge in [-0.05, 0) is 35.5 Å². The number of Topliss-reactive ketones (excluding diaryl/α,β-unsaturated/α-hetero) is 1. The van der Waals surface area contributed by atoms with Crippen LogP contribution in [0.5, 0.6) is 0 Å². The van der Waals surface area contributed by atoms with Crippen molar-refractivity contribution in [3.63, 3.8) is 0 Å². The lowest BCUT2D eigenvalue weighted by Crippen LogP contribution is -2.44. The Morgan fingerprint density at radius 3 is 2.10 bits per heavy atom. The van der Waals surface area contributed by atoms with Gasteiger partial charge in [0.05, 0.1) is 22.2 Å². The second-order valence-corrected chi connectivity index (χ2v) is 7.14. The Hall–Kier alpha value is -3.84. The molecule has 0 saturated carbocycles. The smallest absolute Gasteiger partial charge is 0.269 e. The van der Waals surface area contributed by atoms with E-state index in [1.54, 1.807) is 24.3 Å². The van der Waals surface area contributed by atoms with Gasteiger partial charge < -0.3 is 10.6 Å². The van der Waals surface area contributed by atoms with E-state index in [1.165, 1.54) is 12.1 Å². The minimum Gasteiger partial charge on any atom is -0.351 e. The van der Waals surface area contributed by atoms with E-state index in [9.17, 15) is 14.9 Å². The number of hydrogen-bond donors (Lipinski definition) is 2. The molecule has 0 spiro atoms. The summed E-state index contributed by atoms with van der Waals surface area (Å²) in [6.07, 6.45) is 0. The second kappa shape index (κ2) is 8.26. The zero-order valence-electron chi connectivity index (χ0n) is 15.7. The monoisotopic (exact) mass is 415 g/mol. The van der Waals surface area contributed by atoms with Crippen LogP contribution in [-0.2, 0) is 0 Å². The maximum Gasteiger partial charge on any atom is 0.269 e. The number of rotatable bonds is 5. The van der Waals surface area contributed by atoms with E-state index in [0.29, 0.717) is 27.5 Å². The molecule has 0 aromatic heterocycles. The average Bonchev–Trinajstić information content (AvgIpc) is 2.79. The molecule has 0 unspecified atom stereocenters. The van der Waals surface area contributed by atoms with Crippen molar-refractivity contribution < 1.29 is 9.72 Å². The third-order valence-electron chi connectivity index (χ3n) is 4.85. The molecule has 0 amide bonds. The summed E-state index contributed by atoms with van der Waals surface area (Å²) >= 11 is 5.41. The molecule has 0 radical (unpaired) electrons. The lowest BCUT2D eigenvalue weighted by atomic mass is 9.87. The Labute approximate surface area is 178 Å². The molecule has 1 aliphatic heterocycles. The normalized spacial score (nSPS) is 15.9. The Morgan fingerprint density at radius 1 is 0.900 bits per heavy atom. The summed E-state index contributed by atoms with van der Waals surface area (Å²) in [6, 6.07) is 24.1. The highest BCUT2D eigenvalue weighted by molar-refractivity contribution is 7.80. The van der Waals surface area contributed by atoms with Gasteiger partial charge in [-0.25, -0.2) is 0 Å². The number of nitrogens with zero attached hydrogens (tertiary/aromatic N) is 1. The van der Waals surface area contributed by atoms with E-state index in [4.69, 9.17) is 12.2 Å². The van der Waals surface area contributed by atoms with E-state index in [1.807, 2.05) is 48.5 Å². The Morgan fingerprint density at radius 2 is 1.50 bits per heavy atom. The first-order valence-electron chi connectivity index (χ1n) is 9.26. The van der Waals surface area contributed by atoms with Crippen LogP contribution in [0.3, 0.4) is 0 Å². The van der Waals surface area contributed by atoms with Crippen molar-refractivity contribution in [2.24, 2.45) is 0 Å². The fourth-order valence-corrected chi connectivity index (χ4v) is 3.65. The quantitative estimate of drug-likeness (QED) is 0.278. The highest BCUT2D eigenvalue weighted by Crippen LogP contribution is 2.34. The SMILES string of the molecule is O=C(C1=C(c2ccccc2)NC(=S)N[C@@H]1c1ccc([N+](=O)[O-])cc1)c1ccccc1. The Bertz CT molecular complexity index is 1140. The third kappa shape index (κ3) is 3.83. The number of ketones is 1. The van der Waals surface area contributed by atoms with Crippen molar-refractivity contribution >= 4 is 34.5 Å². The van der Waals surface area contributed by atoms with Crippen molar-refractivity contribution in [3.8, 4) is 0 Å². The van der Waals surface area contributed by atoms with Crippen molar-refractivity contribution in [3.05, 3.63) is 117 Å². The number of carbonyl (C=O) groups is 1. The first-order chi connectivity index (χ1) is 14.5. The minimum atomic E-state index is -0.553. The maximum absolute atomic E-state index is 13.6. The van der Waals surface area contributed by atoms with Gasteiger partial charge in [0, 0.05) is 17.7 Å². The first kappa shape index (κ1) is 19.5. The fraction of sp³-hybridized carbons (Fsp3) is 0.0435. The van der Waals surface area contributed by atoms with E-state index in [2.05, 4.69) is 10.6 Å². The predicted molar refractivity (Wildman–Crippen MR) is 119 cm³/mol. The average molecular weight is 415 g/mol. The van der Waals surface area contributed by atoms with Gasteiger partial charge in [-0.15, -0.1) is 0 Å². The van der Waals surface area contributed by atoms with E-state index in [-0.39, 0.29) is 11.5 Å². The number of carbonyl (C=O) groups excluding carboxylic acids is 1. The highest BCUT2D eigenvalue weighted by Gasteiger charge is 2.32. The number of thiocarbonyl (C=S) groups is 1. The summed E-state index contributed by atoms with van der Waals surface area (Å²) in [5, 5.41) is 17.7. The zero-order chi connectivity index (χ0) is 21.1. The molecule has 1 aliphatic rings. The molecule has 1 heterocycles. The molecule has 7 heteroatoms. The maximum atomic E-state index is 13.6. The Balaban J connectivity index is 1.89. The standard InChI is InChI=1S/C23H17N3O3S/c27-22(17-9-5-2-6-10-17)19-20(15-7-3-1-4-8-15)24-23(30)25-21(19)16-11-13-18(14-12-16)26(28)29/h1-14,21H,(H2,24,25,30)/t21-/m1/s1. The molecule has 0 bridgehead atoms. The van der Waals surface area contributed by atoms with E-state index in [0.717, 1.165) is 5.56 Å². The summed E-state index contributed by atoms with van der Waals surface area (Å²) in [5.74, 6) is -0.152. The lowest BCUT2D eigenvalue weighted by molar-refractivity contribution is -0.384. The van der Waals surface area contributed by atoms with E-state index >= 15 is 0 Å². The molecule has 148 valence electrons. The van der Waals surface area contributed by atoms with Crippen LogP contribution in [0, 0.1) is 10.1 Å². The van der Waals surface area contributed by atoms with Gasteiger partial charge in [-0.3, -0.25) is 14.9 Å². The van der Waals surface area contributed by atoms with Gasteiger partial charge in [-0.2, -0.15) is 0 Å². The van der Waals surface area contributed by atoms with Crippen LogP contribution in [0.25, 0.3) is 5.70 Å². The largest absolute Gasteiger partial charge is 0.351 e. The zero-order valence-corrected chi connectivity index (χ0v) is 16.6. The van der Waals surface area contributed by atoms with Crippen LogP contribution in [0.2, 0.25) is 0 Å². The summed E-state index contributed by atoms with van der Waals surface area (Å²) in [4.78, 5) is 24.1. The van der Waals surface area contributed by atoms with Crippen LogP contribution >= 0.6 is 12.2 Å². The number of hydrogen-bond acceptors (Lipinski definition) is 4. The lowest BCUT2D eigenvalue weighted by Gasteiger charge is -2.31. The molecular weight excluding hydrogens is 398 g/mol. The summed E-state index contributed by atoms with van der Waals surface area (Å²) in [6.45, 7) is 0. The number of non-ortho nitro benzene ring substituents is 1. The third-order valence-corrected chi connectivity index (χ3v) is 5.07. The molecule has 0 saturated heterocycles. The topological polar surface area (TPSA) is 84.3 Å². The van der Waals surface area contributed by atoms with Crippen molar-refractivity contribution in [1.29, 1.82) is 0 Å². The van der Waals surface area contributed by atoms with Crippen LogP contribution in [0.1, 0.15) is 27.5 Å². The van der Waals surface area contributed by atoms with Gasteiger partial charge >= 0.3 is 0 Å². The van der Waals surface area contributed by atoms with E-state index < -0.39 is 11.0 Å². The molecule has 3 aromatic rings. The summed E-state index contributed by atoms with van der Waals surface area (Å²) in [5.41, 5.74) is 3.18. The first-order valence-corrected chi connectivity index (χ1v) is 9.66. The Kier molecular flexibility index (Phi) is 5.36. The number of benzene rings is 3. The number of nitro benzene ring substituents is 1. The van der Waals surface area contributed by atoms with Gasteiger partial charge in [0.25, 0.3) is 5.69 Å². The van der Waals surface area contributed by atoms with Gasteiger partial charge in [0.2, 0.25) is 0 Å². The number of nitro groups is 1. The van der Waals surface area contributed by atoms with Gasteiger partial charge in [0.15, 0.2) is 10.9 Å². The van der Waals surface area contributed by atoms with Crippen LogP contribution < -0.4 is 10.6 Å². The van der Waals surface area contributed by atoms with Gasteiger partial charge in [0.1, 0.15) is 0 Å². The highest BCUT2D eigenvalue weighted by atomic mass is 32.1. The second-order valence-electron chi connectivity index (χ2n) is 6.73. The molecule has 3 aromatic carbocycles. The molecule has 6 nitrogen and oxygen atoms in total. The van der Waals surface area contributed by atoms with Gasteiger partial charge in [-0.1, -0.05) is 60.7 Å². The molecule has 1 atom stereocenters. The number of nitrogens with one attached hydrogen (secondary N) is 2. The minimum absolute atomic E-state index is 0.0153. The molecule has 30 heavy (non-hydrogen) atoms. The molecular formula is C23H17N3O3S. The molecule has 2 N–H and O–H groups in total. The van der Waals surface area contributed by atoms with Crippen molar-refractivity contribution in [2.45, 2.75) is 6.04 Å². The van der Waals surface area contributed by atoms with Crippen molar-refractivity contribution in [2.75, 3.05) is 0 Å². The molecule has 0 fully saturated rings. The molecule has 0 aliphatic carbocycles. The van der Waals surface area contributed by atoms with Crippen LogP contribution in [0.15, 0.2) is 90.5 Å². The summed E-state index contributed by atoms with van der Waals surface area (Å²) < 4.78 is 0. The van der Waals surface area contributed by atoms with Crippen molar-refractivity contribution in [1.82, 2.24) is 10.6 Å². The van der Waals surface area contributed by atoms with Crippen LogP contribution in [0.4, 0.5) is 5.69 Å². The van der Waals surface area contributed by atoms with Crippen LogP contribution in [-0.4, -0.2) is 15.8 Å². The summed E-state index contributed by atoms with van der Waals surface area (Å²) in [7, 11) is 0. The fourth-order valence-electron chi connectivity index (χ4n) is 3.43.